The maximum atomic E-state index is 11.7. The van der Waals surface area contributed by atoms with E-state index in [1.807, 2.05) is 30.3 Å². The third-order valence-electron chi connectivity index (χ3n) is 3.20. The van der Waals surface area contributed by atoms with E-state index >= 15 is 0 Å². The molecule has 1 amide bonds. The summed E-state index contributed by atoms with van der Waals surface area (Å²) >= 11 is 0. The Bertz CT molecular complexity index is 375. The van der Waals surface area contributed by atoms with Crippen molar-refractivity contribution in [2.75, 3.05) is 13.2 Å². The molecule has 0 radical (unpaired) electrons. The van der Waals surface area contributed by atoms with Gasteiger partial charge in [0.05, 0.1) is 12.6 Å². The molecule has 1 heterocycles. The molecule has 4 heteroatoms. The number of carbonyl (C=O) groups excluding carboxylic acids is 1. The van der Waals surface area contributed by atoms with E-state index in [4.69, 9.17) is 10.5 Å². The third kappa shape index (κ3) is 3.82. The van der Waals surface area contributed by atoms with Crippen molar-refractivity contribution in [2.24, 2.45) is 5.73 Å². The second kappa shape index (κ2) is 6.52. The van der Waals surface area contributed by atoms with Crippen molar-refractivity contribution in [3.05, 3.63) is 35.9 Å². The predicted molar refractivity (Wildman–Crippen MR) is 70.0 cm³/mol. The van der Waals surface area contributed by atoms with Crippen molar-refractivity contribution in [2.45, 2.75) is 31.3 Å². The fourth-order valence-corrected chi connectivity index (χ4v) is 2.10. The van der Waals surface area contributed by atoms with Gasteiger partial charge in [0.15, 0.2) is 0 Å². The zero-order chi connectivity index (χ0) is 12.8. The van der Waals surface area contributed by atoms with Gasteiger partial charge in [-0.25, -0.2) is 0 Å². The molecule has 1 saturated heterocycles. The van der Waals surface area contributed by atoms with E-state index < -0.39 is 0 Å². The number of benzene rings is 1. The molecule has 0 bridgehead atoms. The normalized spacial score (nSPS) is 20.6. The molecule has 1 aromatic rings. The molecule has 1 aliphatic heterocycles. The van der Waals surface area contributed by atoms with Gasteiger partial charge in [-0.2, -0.15) is 0 Å². The van der Waals surface area contributed by atoms with Crippen molar-refractivity contribution in [1.82, 2.24) is 5.32 Å². The molecule has 4 nitrogen and oxygen atoms in total. The van der Waals surface area contributed by atoms with E-state index in [1.165, 1.54) is 0 Å². The van der Waals surface area contributed by atoms with Crippen molar-refractivity contribution in [3.63, 3.8) is 0 Å². The van der Waals surface area contributed by atoms with Crippen molar-refractivity contribution in [3.8, 4) is 0 Å². The minimum atomic E-state index is -0.0724. The molecule has 3 N–H and O–H groups in total. The Kier molecular flexibility index (Phi) is 4.73. The van der Waals surface area contributed by atoms with Gasteiger partial charge >= 0.3 is 0 Å². The highest BCUT2D eigenvalue weighted by Gasteiger charge is 2.18. The second-order valence-corrected chi connectivity index (χ2v) is 4.68. The molecule has 0 aliphatic carbocycles. The third-order valence-corrected chi connectivity index (χ3v) is 3.20. The summed E-state index contributed by atoms with van der Waals surface area (Å²) in [6.45, 7) is 1.38. The molecule has 2 rings (SSSR count). The minimum Gasteiger partial charge on any atom is -0.379 e. The average molecular weight is 248 g/mol. The summed E-state index contributed by atoms with van der Waals surface area (Å²) in [5.74, 6) is 0.0666. The second-order valence-electron chi connectivity index (χ2n) is 4.68. The van der Waals surface area contributed by atoms with Crippen LogP contribution >= 0.6 is 0 Å². The largest absolute Gasteiger partial charge is 0.379 e. The predicted octanol–water partition coefficient (Wildman–Crippen LogP) is 1.37. The van der Waals surface area contributed by atoms with E-state index in [1.54, 1.807) is 0 Å². The highest BCUT2D eigenvalue weighted by molar-refractivity contribution is 5.76. The first-order valence-electron chi connectivity index (χ1n) is 6.43. The minimum absolute atomic E-state index is 0.0666. The van der Waals surface area contributed by atoms with E-state index in [0.29, 0.717) is 19.4 Å². The summed E-state index contributed by atoms with van der Waals surface area (Å²) in [6, 6.07) is 9.99. The molecule has 1 aliphatic rings. The van der Waals surface area contributed by atoms with Crippen LogP contribution in [0.2, 0.25) is 0 Å². The SMILES string of the molecule is NC(CCC(=O)NC1CCOC1)c1ccccc1. The summed E-state index contributed by atoms with van der Waals surface area (Å²) in [6.07, 6.45) is 2.05. The van der Waals surface area contributed by atoms with Gasteiger partial charge in [0, 0.05) is 19.1 Å². The summed E-state index contributed by atoms with van der Waals surface area (Å²) in [4.78, 5) is 11.7. The van der Waals surface area contributed by atoms with E-state index in [2.05, 4.69) is 5.32 Å². The lowest BCUT2D eigenvalue weighted by Crippen LogP contribution is -2.35. The lowest BCUT2D eigenvalue weighted by Gasteiger charge is -2.14. The Morgan fingerprint density at radius 2 is 2.22 bits per heavy atom. The van der Waals surface area contributed by atoms with Crippen LogP contribution in [0.4, 0.5) is 0 Å². The maximum Gasteiger partial charge on any atom is 0.220 e. The first kappa shape index (κ1) is 13.1. The Balaban J connectivity index is 1.72. The average Bonchev–Trinajstić information content (AvgIpc) is 2.90. The molecular formula is C14H20N2O2. The lowest BCUT2D eigenvalue weighted by atomic mass is 10.0. The Labute approximate surface area is 108 Å². The van der Waals surface area contributed by atoms with E-state index in [0.717, 1.165) is 18.6 Å². The first-order valence-corrected chi connectivity index (χ1v) is 6.43. The van der Waals surface area contributed by atoms with Crippen molar-refractivity contribution >= 4 is 5.91 Å². The standard InChI is InChI=1S/C14H20N2O2/c15-13(11-4-2-1-3-5-11)6-7-14(17)16-12-8-9-18-10-12/h1-5,12-13H,6-10,15H2,(H,16,17). The maximum absolute atomic E-state index is 11.7. The van der Waals surface area contributed by atoms with Gasteiger partial charge in [-0.3, -0.25) is 4.79 Å². The summed E-state index contributed by atoms with van der Waals surface area (Å²) in [7, 11) is 0. The number of hydrogen-bond donors (Lipinski definition) is 2. The van der Waals surface area contributed by atoms with E-state index in [9.17, 15) is 4.79 Å². The first-order chi connectivity index (χ1) is 8.75. The lowest BCUT2D eigenvalue weighted by molar-refractivity contribution is -0.122. The fraction of sp³-hybridized carbons (Fsp3) is 0.500. The van der Waals surface area contributed by atoms with Crippen molar-refractivity contribution in [1.29, 1.82) is 0 Å². The topological polar surface area (TPSA) is 64.4 Å². The quantitative estimate of drug-likeness (QED) is 0.827. The molecule has 98 valence electrons. The zero-order valence-corrected chi connectivity index (χ0v) is 10.5. The van der Waals surface area contributed by atoms with Gasteiger partial charge in [-0.05, 0) is 18.4 Å². The number of nitrogens with two attached hydrogens (primary N) is 1. The van der Waals surface area contributed by atoms with Crippen LogP contribution in [-0.4, -0.2) is 25.2 Å². The van der Waals surface area contributed by atoms with Crippen LogP contribution in [0.25, 0.3) is 0 Å². The van der Waals surface area contributed by atoms with Gasteiger partial charge in [0.2, 0.25) is 5.91 Å². The molecule has 0 saturated carbocycles. The van der Waals surface area contributed by atoms with Crippen LogP contribution in [-0.2, 0) is 9.53 Å². The molecule has 2 atom stereocenters. The molecule has 1 aromatic carbocycles. The van der Waals surface area contributed by atoms with Crippen LogP contribution in [0.15, 0.2) is 30.3 Å². The summed E-state index contributed by atoms with van der Waals surface area (Å²) in [5, 5.41) is 2.97. The van der Waals surface area contributed by atoms with Crippen LogP contribution in [0.3, 0.4) is 0 Å². The van der Waals surface area contributed by atoms with Crippen molar-refractivity contribution < 1.29 is 9.53 Å². The van der Waals surface area contributed by atoms with Crippen LogP contribution in [0.5, 0.6) is 0 Å². The summed E-state index contributed by atoms with van der Waals surface area (Å²) < 4.78 is 5.21. The number of hydrogen-bond acceptors (Lipinski definition) is 3. The number of carbonyl (C=O) groups is 1. The number of ether oxygens (including phenoxy) is 1. The zero-order valence-electron chi connectivity index (χ0n) is 10.5. The molecule has 0 spiro atoms. The molecule has 0 aromatic heterocycles. The van der Waals surface area contributed by atoms with Crippen LogP contribution in [0, 0.1) is 0 Å². The Morgan fingerprint density at radius 3 is 2.89 bits per heavy atom. The smallest absolute Gasteiger partial charge is 0.220 e. The Hall–Kier alpha value is -1.39. The van der Waals surface area contributed by atoms with Gasteiger partial charge in [-0.15, -0.1) is 0 Å². The van der Waals surface area contributed by atoms with Crippen LogP contribution < -0.4 is 11.1 Å². The molecule has 18 heavy (non-hydrogen) atoms. The molecule has 2 unspecified atom stereocenters. The molecular weight excluding hydrogens is 228 g/mol. The fourth-order valence-electron chi connectivity index (χ4n) is 2.10. The highest BCUT2D eigenvalue weighted by atomic mass is 16.5. The number of rotatable bonds is 5. The van der Waals surface area contributed by atoms with Gasteiger partial charge in [-0.1, -0.05) is 30.3 Å². The summed E-state index contributed by atoms with van der Waals surface area (Å²) in [5.41, 5.74) is 7.13. The van der Waals surface area contributed by atoms with Gasteiger partial charge in [0.25, 0.3) is 0 Å². The number of nitrogens with one attached hydrogen (secondary N) is 1. The monoisotopic (exact) mass is 248 g/mol. The van der Waals surface area contributed by atoms with Gasteiger partial charge in [0.1, 0.15) is 0 Å². The van der Waals surface area contributed by atoms with Crippen LogP contribution in [0.1, 0.15) is 30.9 Å². The van der Waals surface area contributed by atoms with Gasteiger partial charge < -0.3 is 15.8 Å². The highest BCUT2D eigenvalue weighted by Crippen LogP contribution is 2.15. The molecule has 1 fully saturated rings. The Morgan fingerprint density at radius 1 is 1.44 bits per heavy atom. The van der Waals surface area contributed by atoms with E-state index in [-0.39, 0.29) is 18.0 Å². The number of amides is 1.